The minimum Gasteiger partial charge on any atom is -0.481 e. The molecule has 1 N–H and O–H groups in total. The number of nitrogens with zero attached hydrogens (tertiary/aromatic N) is 3. The molecule has 5 nitrogen and oxygen atoms in total. The van der Waals surface area contributed by atoms with Gasteiger partial charge in [0.15, 0.2) is 0 Å². The quantitative estimate of drug-likeness (QED) is 0.849. The fourth-order valence-electron chi connectivity index (χ4n) is 2.44. The lowest BCUT2D eigenvalue weighted by Crippen LogP contribution is -2.21. The molecular formula is C16H21N3O2. The molecule has 0 saturated heterocycles. The molecule has 1 atom stereocenters. The molecule has 0 amide bonds. The van der Waals surface area contributed by atoms with E-state index in [0.29, 0.717) is 12.8 Å². The Bertz CT molecular complexity index is 607. The first-order valence-electron chi connectivity index (χ1n) is 7.25. The number of carboxylic acids is 1. The summed E-state index contributed by atoms with van der Waals surface area (Å²) in [5.41, 5.74) is 2.19. The number of rotatable bonds is 7. The highest BCUT2D eigenvalue weighted by Crippen LogP contribution is 2.15. The maximum atomic E-state index is 11.5. The van der Waals surface area contributed by atoms with Crippen LogP contribution in [0.2, 0.25) is 0 Å². The van der Waals surface area contributed by atoms with E-state index in [1.54, 1.807) is 4.68 Å². The highest BCUT2D eigenvalue weighted by molar-refractivity contribution is 5.70. The predicted octanol–water partition coefficient (Wildman–Crippen LogP) is 2.48. The second-order valence-electron chi connectivity index (χ2n) is 5.33. The van der Waals surface area contributed by atoms with Gasteiger partial charge in [-0.1, -0.05) is 36.8 Å². The Kier molecular flexibility index (Phi) is 5.09. The first kappa shape index (κ1) is 15.2. The fraction of sp³-hybridized carbons (Fsp3) is 0.438. The molecule has 0 aliphatic rings. The van der Waals surface area contributed by atoms with Gasteiger partial charge in [0, 0.05) is 13.0 Å². The molecule has 1 aromatic heterocycles. The van der Waals surface area contributed by atoms with Gasteiger partial charge in [-0.3, -0.25) is 9.48 Å². The average molecular weight is 287 g/mol. The van der Waals surface area contributed by atoms with Crippen LogP contribution in [0.5, 0.6) is 0 Å². The summed E-state index contributed by atoms with van der Waals surface area (Å²) < 4.78 is 1.80. The molecule has 0 fully saturated rings. The van der Waals surface area contributed by atoms with Gasteiger partial charge < -0.3 is 5.11 Å². The third kappa shape index (κ3) is 4.15. The van der Waals surface area contributed by atoms with Crippen LogP contribution in [0.25, 0.3) is 0 Å². The van der Waals surface area contributed by atoms with E-state index in [2.05, 4.69) is 17.0 Å². The summed E-state index contributed by atoms with van der Waals surface area (Å²) in [7, 11) is 0. The number of aryl methyl sites for hydroxylation is 2. The maximum absolute atomic E-state index is 11.5. The van der Waals surface area contributed by atoms with Gasteiger partial charge in [0.05, 0.1) is 5.92 Å². The van der Waals surface area contributed by atoms with Crippen molar-refractivity contribution in [3.63, 3.8) is 0 Å². The molecule has 0 bridgehead atoms. The van der Waals surface area contributed by atoms with Crippen molar-refractivity contribution in [2.75, 3.05) is 0 Å². The summed E-state index contributed by atoms with van der Waals surface area (Å²) in [5, 5.41) is 13.6. The van der Waals surface area contributed by atoms with Gasteiger partial charge in [-0.15, -0.1) is 0 Å². The number of aromatic nitrogens is 3. The van der Waals surface area contributed by atoms with Crippen LogP contribution in [-0.4, -0.2) is 25.8 Å². The van der Waals surface area contributed by atoms with Crippen molar-refractivity contribution in [3.8, 4) is 0 Å². The van der Waals surface area contributed by atoms with Crippen molar-refractivity contribution >= 4 is 5.97 Å². The molecule has 5 heteroatoms. The van der Waals surface area contributed by atoms with E-state index in [1.807, 2.05) is 31.2 Å². The molecule has 112 valence electrons. The van der Waals surface area contributed by atoms with Crippen LogP contribution in [-0.2, 0) is 24.2 Å². The largest absolute Gasteiger partial charge is 0.481 e. The highest BCUT2D eigenvalue weighted by Gasteiger charge is 2.21. The molecule has 0 spiro atoms. The van der Waals surface area contributed by atoms with E-state index in [9.17, 15) is 9.90 Å². The van der Waals surface area contributed by atoms with E-state index in [1.165, 1.54) is 6.33 Å². The second-order valence-corrected chi connectivity index (χ2v) is 5.33. The molecule has 1 aromatic carbocycles. The molecule has 1 unspecified atom stereocenters. The summed E-state index contributed by atoms with van der Waals surface area (Å²) in [5.74, 6) is -0.522. The van der Waals surface area contributed by atoms with Gasteiger partial charge in [-0.05, 0) is 25.3 Å². The van der Waals surface area contributed by atoms with E-state index in [4.69, 9.17) is 0 Å². The molecule has 2 aromatic rings. The number of hydrogen-bond donors (Lipinski definition) is 1. The molecule has 0 radical (unpaired) electrons. The topological polar surface area (TPSA) is 68.0 Å². The van der Waals surface area contributed by atoms with Gasteiger partial charge in [0.25, 0.3) is 0 Å². The van der Waals surface area contributed by atoms with E-state index >= 15 is 0 Å². The summed E-state index contributed by atoms with van der Waals surface area (Å²) in [6.45, 7) is 4.84. The lowest BCUT2D eigenvalue weighted by Gasteiger charge is -2.13. The molecule has 0 aliphatic heterocycles. The van der Waals surface area contributed by atoms with Crippen LogP contribution < -0.4 is 0 Å². The van der Waals surface area contributed by atoms with Crippen LogP contribution in [0.4, 0.5) is 0 Å². The Morgan fingerprint density at radius 1 is 1.38 bits per heavy atom. The molecule has 21 heavy (non-hydrogen) atoms. The lowest BCUT2D eigenvalue weighted by atomic mass is 9.95. The van der Waals surface area contributed by atoms with Crippen LogP contribution >= 0.6 is 0 Å². The average Bonchev–Trinajstić information content (AvgIpc) is 2.86. The minimum absolute atomic E-state index is 0.406. The summed E-state index contributed by atoms with van der Waals surface area (Å²) in [6, 6.07) is 7.98. The van der Waals surface area contributed by atoms with Crippen molar-refractivity contribution in [1.29, 1.82) is 0 Å². The van der Waals surface area contributed by atoms with Crippen molar-refractivity contribution in [1.82, 2.24) is 14.8 Å². The predicted molar refractivity (Wildman–Crippen MR) is 80.0 cm³/mol. The van der Waals surface area contributed by atoms with Gasteiger partial charge in [-0.2, -0.15) is 5.10 Å². The number of carboxylic acid groups (broad SMARTS) is 1. The van der Waals surface area contributed by atoms with Crippen LogP contribution in [0.3, 0.4) is 0 Å². The lowest BCUT2D eigenvalue weighted by molar-refractivity contribution is -0.141. The summed E-state index contributed by atoms with van der Waals surface area (Å²) in [6.07, 6.45) is 3.36. The SMILES string of the molecule is CCCn1ncnc1CC(Cc1cccc(C)c1)C(=O)O. The minimum atomic E-state index is -0.789. The fourth-order valence-corrected chi connectivity index (χ4v) is 2.44. The van der Waals surface area contributed by atoms with E-state index < -0.39 is 11.9 Å². The van der Waals surface area contributed by atoms with E-state index in [-0.39, 0.29) is 0 Å². The van der Waals surface area contributed by atoms with Crippen LogP contribution in [0.15, 0.2) is 30.6 Å². The molecular weight excluding hydrogens is 266 g/mol. The normalized spacial score (nSPS) is 12.3. The van der Waals surface area contributed by atoms with Crippen molar-refractivity contribution < 1.29 is 9.90 Å². The van der Waals surface area contributed by atoms with E-state index in [0.717, 1.165) is 29.9 Å². The van der Waals surface area contributed by atoms with Crippen molar-refractivity contribution in [2.24, 2.45) is 5.92 Å². The second kappa shape index (κ2) is 7.02. The maximum Gasteiger partial charge on any atom is 0.307 e. The van der Waals surface area contributed by atoms with Crippen LogP contribution in [0, 0.1) is 12.8 Å². The van der Waals surface area contributed by atoms with Crippen molar-refractivity contribution in [2.45, 2.75) is 39.7 Å². The first-order valence-corrected chi connectivity index (χ1v) is 7.25. The Hall–Kier alpha value is -2.17. The molecule has 2 rings (SSSR count). The molecule has 0 saturated carbocycles. The Balaban J connectivity index is 2.12. The zero-order valence-corrected chi connectivity index (χ0v) is 12.5. The zero-order valence-electron chi connectivity index (χ0n) is 12.5. The summed E-state index contributed by atoms with van der Waals surface area (Å²) in [4.78, 5) is 15.7. The van der Waals surface area contributed by atoms with Crippen LogP contribution in [0.1, 0.15) is 30.3 Å². The van der Waals surface area contributed by atoms with Crippen molar-refractivity contribution in [3.05, 3.63) is 47.5 Å². The first-order chi connectivity index (χ1) is 10.1. The Labute approximate surface area is 124 Å². The smallest absolute Gasteiger partial charge is 0.307 e. The molecule has 0 aliphatic carbocycles. The van der Waals surface area contributed by atoms with Gasteiger partial charge in [-0.25, -0.2) is 4.98 Å². The standard InChI is InChI=1S/C16H21N3O2/c1-3-7-19-15(17-11-18-19)10-14(16(20)21)9-13-6-4-5-12(2)8-13/h4-6,8,11,14H,3,7,9-10H2,1-2H3,(H,20,21). The zero-order chi connectivity index (χ0) is 15.2. The molecule has 1 heterocycles. The van der Waals surface area contributed by atoms with Gasteiger partial charge in [0.2, 0.25) is 0 Å². The number of aliphatic carboxylic acids is 1. The van der Waals surface area contributed by atoms with Gasteiger partial charge >= 0.3 is 5.97 Å². The van der Waals surface area contributed by atoms with Gasteiger partial charge in [0.1, 0.15) is 12.2 Å². The Morgan fingerprint density at radius 3 is 2.86 bits per heavy atom. The Morgan fingerprint density at radius 2 is 2.19 bits per heavy atom. The number of benzene rings is 1. The summed E-state index contributed by atoms with van der Waals surface area (Å²) >= 11 is 0. The highest BCUT2D eigenvalue weighted by atomic mass is 16.4. The number of carbonyl (C=O) groups is 1. The third-order valence-corrected chi connectivity index (χ3v) is 3.47. The monoisotopic (exact) mass is 287 g/mol. The third-order valence-electron chi connectivity index (χ3n) is 3.47. The number of hydrogen-bond acceptors (Lipinski definition) is 3.